The number of alkyl halides is 3. The molecule has 0 saturated heterocycles. The van der Waals surface area contributed by atoms with Crippen LogP contribution in [-0.2, 0) is 6.18 Å². The maximum atomic E-state index is 12.6. The SMILES string of the molecule is Fc1ccc(-c2nc(C(F)(F)F)c(Br)s2)cn1. The lowest BCUT2D eigenvalue weighted by Crippen LogP contribution is -2.05. The Balaban J connectivity index is 2.45. The van der Waals surface area contributed by atoms with Gasteiger partial charge in [-0.2, -0.15) is 17.6 Å². The van der Waals surface area contributed by atoms with E-state index in [0.29, 0.717) is 5.56 Å². The second-order valence-corrected chi connectivity index (χ2v) is 5.33. The third kappa shape index (κ3) is 2.63. The molecule has 2 rings (SSSR count). The molecule has 0 spiro atoms. The van der Waals surface area contributed by atoms with E-state index in [2.05, 4.69) is 25.9 Å². The van der Waals surface area contributed by atoms with Crippen molar-refractivity contribution in [3.8, 4) is 10.6 Å². The van der Waals surface area contributed by atoms with E-state index in [1.165, 1.54) is 6.07 Å². The molecule has 0 aliphatic heterocycles. The van der Waals surface area contributed by atoms with Gasteiger partial charge in [-0.3, -0.25) is 0 Å². The Morgan fingerprint density at radius 1 is 1.24 bits per heavy atom. The minimum atomic E-state index is -4.51. The zero-order valence-electron chi connectivity index (χ0n) is 7.92. The molecular weight excluding hydrogens is 324 g/mol. The summed E-state index contributed by atoms with van der Waals surface area (Å²) in [6, 6.07) is 2.39. The second kappa shape index (κ2) is 4.34. The van der Waals surface area contributed by atoms with Gasteiger partial charge in [0.15, 0.2) is 5.69 Å². The van der Waals surface area contributed by atoms with E-state index in [1.807, 2.05) is 0 Å². The summed E-state index contributed by atoms with van der Waals surface area (Å²) in [5.74, 6) is -0.694. The molecule has 0 saturated carbocycles. The molecule has 2 aromatic heterocycles. The maximum absolute atomic E-state index is 12.6. The van der Waals surface area contributed by atoms with E-state index in [1.54, 1.807) is 0 Å². The van der Waals surface area contributed by atoms with E-state index < -0.39 is 17.8 Å². The summed E-state index contributed by atoms with van der Waals surface area (Å²) in [6.07, 6.45) is -3.37. The fourth-order valence-corrected chi connectivity index (χ4v) is 2.68. The van der Waals surface area contributed by atoms with Gasteiger partial charge >= 0.3 is 6.18 Å². The lowest BCUT2D eigenvalue weighted by Gasteiger charge is -2.01. The van der Waals surface area contributed by atoms with Crippen LogP contribution in [0, 0.1) is 5.95 Å². The predicted octanol–water partition coefficient (Wildman–Crippen LogP) is 4.13. The van der Waals surface area contributed by atoms with Crippen molar-refractivity contribution in [2.24, 2.45) is 0 Å². The van der Waals surface area contributed by atoms with Gasteiger partial charge < -0.3 is 0 Å². The van der Waals surface area contributed by atoms with Crippen LogP contribution in [0.1, 0.15) is 5.69 Å². The molecule has 0 radical (unpaired) electrons. The normalized spacial score (nSPS) is 11.8. The van der Waals surface area contributed by atoms with Crippen LogP contribution in [-0.4, -0.2) is 9.97 Å². The van der Waals surface area contributed by atoms with E-state index in [4.69, 9.17) is 0 Å². The monoisotopic (exact) mass is 326 g/mol. The molecule has 0 atom stereocenters. The number of halogens is 5. The third-order valence-corrected chi connectivity index (χ3v) is 3.58. The minimum absolute atomic E-state index is 0.107. The average molecular weight is 327 g/mol. The van der Waals surface area contributed by atoms with Crippen LogP contribution in [0.2, 0.25) is 0 Å². The van der Waals surface area contributed by atoms with Gasteiger partial charge in [0, 0.05) is 11.8 Å². The van der Waals surface area contributed by atoms with Crippen molar-refractivity contribution in [2.75, 3.05) is 0 Å². The molecule has 8 heteroatoms. The fourth-order valence-electron chi connectivity index (χ4n) is 1.10. The van der Waals surface area contributed by atoms with Crippen LogP contribution in [0.5, 0.6) is 0 Å². The molecule has 90 valence electrons. The highest BCUT2D eigenvalue weighted by Gasteiger charge is 2.37. The van der Waals surface area contributed by atoms with Crippen molar-refractivity contribution < 1.29 is 17.6 Å². The van der Waals surface area contributed by atoms with E-state index in [0.717, 1.165) is 23.6 Å². The summed E-state index contributed by atoms with van der Waals surface area (Å²) >= 11 is 3.63. The van der Waals surface area contributed by atoms with Crippen LogP contribution in [0.4, 0.5) is 17.6 Å². The maximum Gasteiger partial charge on any atom is 0.435 e. The molecule has 0 unspecified atom stereocenters. The molecule has 2 aromatic rings. The van der Waals surface area contributed by atoms with Crippen LogP contribution in [0.3, 0.4) is 0 Å². The first kappa shape index (κ1) is 12.4. The number of aromatic nitrogens is 2. The van der Waals surface area contributed by atoms with E-state index in [-0.39, 0.29) is 8.79 Å². The van der Waals surface area contributed by atoms with Gasteiger partial charge in [0.1, 0.15) is 8.79 Å². The summed E-state index contributed by atoms with van der Waals surface area (Å²) in [5.41, 5.74) is -0.644. The Kier molecular flexibility index (Phi) is 3.17. The van der Waals surface area contributed by atoms with Gasteiger partial charge in [-0.15, -0.1) is 11.3 Å². The molecule has 0 N–H and O–H groups in total. The number of nitrogens with zero attached hydrogens (tertiary/aromatic N) is 2. The summed E-state index contributed by atoms with van der Waals surface area (Å²) in [4.78, 5) is 6.83. The van der Waals surface area contributed by atoms with Crippen LogP contribution >= 0.6 is 27.3 Å². The Morgan fingerprint density at radius 2 is 1.94 bits per heavy atom. The van der Waals surface area contributed by atoms with Crippen LogP contribution < -0.4 is 0 Å². The molecule has 0 amide bonds. The van der Waals surface area contributed by atoms with Crippen molar-refractivity contribution in [2.45, 2.75) is 6.18 Å². The first-order valence-electron chi connectivity index (χ1n) is 4.23. The van der Waals surface area contributed by atoms with Crippen molar-refractivity contribution in [3.63, 3.8) is 0 Å². The van der Waals surface area contributed by atoms with Gasteiger partial charge in [0.25, 0.3) is 0 Å². The van der Waals surface area contributed by atoms with Crippen molar-refractivity contribution >= 4 is 27.3 Å². The fraction of sp³-hybridized carbons (Fsp3) is 0.111. The highest BCUT2D eigenvalue weighted by atomic mass is 79.9. The van der Waals surface area contributed by atoms with Gasteiger partial charge in [-0.05, 0) is 28.1 Å². The van der Waals surface area contributed by atoms with E-state index >= 15 is 0 Å². The Hall–Kier alpha value is -1.02. The standard InChI is InChI=1S/C9H3BrF4N2S/c10-7-6(9(12,13)14)16-8(17-7)4-1-2-5(11)15-3-4/h1-3H. The van der Waals surface area contributed by atoms with Gasteiger partial charge in [-0.1, -0.05) is 0 Å². The second-order valence-electron chi connectivity index (χ2n) is 3.01. The van der Waals surface area contributed by atoms with Crippen molar-refractivity contribution in [1.29, 1.82) is 0 Å². The van der Waals surface area contributed by atoms with E-state index in [9.17, 15) is 17.6 Å². The first-order chi connectivity index (χ1) is 7.88. The van der Waals surface area contributed by atoms with Crippen LogP contribution in [0.25, 0.3) is 10.6 Å². The highest BCUT2D eigenvalue weighted by molar-refractivity contribution is 9.11. The highest BCUT2D eigenvalue weighted by Crippen LogP contribution is 2.40. The molecule has 0 aliphatic rings. The first-order valence-corrected chi connectivity index (χ1v) is 5.84. The lowest BCUT2D eigenvalue weighted by atomic mass is 10.3. The smallest absolute Gasteiger partial charge is 0.230 e. The largest absolute Gasteiger partial charge is 0.435 e. The summed E-state index contributed by atoms with van der Waals surface area (Å²) in [7, 11) is 0. The Bertz CT molecular complexity index is 535. The summed E-state index contributed by atoms with van der Waals surface area (Å²) in [5, 5.41) is 0.136. The number of thiazole rings is 1. The molecule has 2 heterocycles. The molecule has 0 aromatic carbocycles. The average Bonchev–Trinajstić information content (AvgIpc) is 2.61. The predicted molar refractivity (Wildman–Crippen MR) is 58.0 cm³/mol. The number of hydrogen-bond donors (Lipinski definition) is 0. The third-order valence-electron chi connectivity index (χ3n) is 1.83. The zero-order valence-corrected chi connectivity index (χ0v) is 10.3. The van der Waals surface area contributed by atoms with Crippen LogP contribution in [0.15, 0.2) is 22.1 Å². The molecule has 0 fully saturated rings. The molecular formula is C9H3BrF4N2S. The topological polar surface area (TPSA) is 25.8 Å². The van der Waals surface area contributed by atoms with Crippen molar-refractivity contribution in [1.82, 2.24) is 9.97 Å². The van der Waals surface area contributed by atoms with Gasteiger partial charge in [0.2, 0.25) is 5.95 Å². The number of rotatable bonds is 1. The zero-order chi connectivity index (χ0) is 12.6. The summed E-state index contributed by atoms with van der Waals surface area (Å²) in [6.45, 7) is 0. The van der Waals surface area contributed by atoms with Gasteiger partial charge in [-0.25, -0.2) is 9.97 Å². The Labute approximate surface area is 105 Å². The quantitative estimate of drug-likeness (QED) is 0.581. The molecule has 2 nitrogen and oxygen atoms in total. The number of pyridine rings is 1. The molecule has 0 aliphatic carbocycles. The Morgan fingerprint density at radius 3 is 2.41 bits per heavy atom. The molecule has 17 heavy (non-hydrogen) atoms. The molecule has 0 bridgehead atoms. The van der Waals surface area contributed by atoms with Gasteiger partial charge in [0.05, 0.1) is 0 Å². The minimum Gasteiger partial charge on any atom is -0.230 e. The number of hydrogen-bond acceptors (Lipinski definition) is 3. The summed E-state index contributed by atoms with van der Waals surface area (Å²) < 4.78 is 49.9. The van der Waals surface area contributed by atoms with Crippen molar-refractivity contribution in [3.05, 3.63) is 33.8 Å². The lowest BCUT2D eigenvalue weighted by molar-refractivity contribution is -0.141.